The van der Waals surface area contributed by atoms with Gasteiger partial charge in [-0.1, -0.05) is 0 Å². The Morgan fingerprint density at radius 2 is 1.35 bits per heavy atom. The number of ether oxygens (including phenoxy) is 2. The predicted octanol–water partition coefficient (Wildman–Crippen LogP) is 0.268. The van der Waals surface area contributed by atoms with E-state index in [1.165, 1.54) is 6.92 Å². The number of aliphatic carboxylic acids is 1. The minimum atomic E-state index is -1.27. The summed E-state index contributed by atoms with van der Waals surface area (Å²) in [5, 5.41) is 8.96. The van der Waals surface area contributed by atoms with Crippen molar-refractivity contribution in [3.05, 3.63) is 0 Å². The molecule has 0 saturated heterocycles. The molecule has 1 atom stereocenters. The van der Waals surface area contributed by atoms with E-state index in [0.29, 0.717) is 0 Å². The molecule has 100 valence electrons. The van der Waals surface area contributed by atoms with Crippen molar-refractivity contribution in [1.82, 2.24) is 0 Å². The Labute approximate surface area is 113 Å². The zero-order chi connectivity index (χ0) is 12.9. The summed E-state index contributed by atoms with van der Waals surface area (Å²) in [6.07, 6.45) is -1.44. The number of carboxylic acids is 1. The molecule has 0 radical (unpaired) electrons. The number of carbonyl (C=O) groups is 2. The summed E-state index contributed by atoms with van der Waals surface area (Å²) in [5.41, 5.74) is 0. The average Bonchev–Trinajstić information content (AvgIpc) is 1.98. The molecule has 5 nitrogen and oxygen atoms in total. The number of hydrogen-bond donors (Lipinski definition) is 1. The van der Waals surface area contributed by atoms with Gasteiger partial charge in [-0.3, -0.25) is 9.59 Å². The van der Waals surface area contributed by atoms with E-state index in [2.05, 4.69) is 0 Å². The third kappa shape index (κ3) is 7.50. The van der Waals surface area contributed by atoms with E-state index < -0.39 is 24.0 Å². The lowest BCUT2D eigenvalue weighted by molar-refractivity contribution is -0.211. The van der Waals surface area contributed by atoms with E-state index in [0.717, 1.165) is 0 Å². The van der Waals surface area contributed by atoms with E-state index >= 15 is 0 Å². The number of rotatable bonds is 7. The Bertz CT molecular complexity index is 228. The highest BCUT2D eigenvalue weighted by Crippen LogP contribution is 2.16. The van der Waals surface area contributed by atoms with Crippen molar-refractivity contribution in [2.45, 2.75) is 53.1 Å². The van der Waals surface area contributed by atoms with Gasteiger partial charge in [-0.15, -0.1) is 0 Å². The molecule has 0 bridgehead atoms. The molecule has 17 heavy (non-hydrogen) atoms. The van der Waals surface area contributed by atoms with E-state index in [-0.39, 0.29) is 29.6 Å². The zero-order valence-corrected chi connectivity index (χ0v) is 10.4. The molecular weight excluding hydrogens is 239 g/mol. The minimum absolute atomic E-state index is 0. The molecule has 0 rings (SSSR count). The number of hydrogen-bond acceptors (Lipinski definition) is 4. The van der Waals surface area contributed by atoms with Gasteiger partial charge in [-0.25, -0.2) is 0 Å². The van der Waals surface area contributed by atoms with Crippen LogP contribution in [0.4, 0.5) is 0 Å². The fourth-order valence-corrected chi connectivity index (χ4v) is 1.21. The SMILES string of the molecule is CC(=O)C(C(=O)O)C(OC(C)C)OC(C)C.[AlH3]. The molecule has 6 heteroatoms. The molecule has 1 unspecified atom stereocenters. The van der Waals surface area contributed by atoms with Crippen LogP contribution in [-0.4, -0.2) is 52.7 Å². The molecule has 0 aliphatic rings. The van der Waals surface area contributed by atoms with Gasteiger partial charge in [0.05, 0.1) is 12.2 Å². The molecule has 0 fully saturated rings. The Morgan fingerprint density at radius 3 is 1.53 bits per heavy atom. The summed E-state index contributed by atoms with van der Waals surface area (Å²) < 4.78 is 10.6. The van der Waals surface area contributed by atoms with Crippen LogP contribution in [0, 0.1) is 5.92 Å². The standard InChI is InChI=1S/C11H20O5.Al.3H/c1-6(2)15-11(16-7(3)4)9(8(5)12)10(13)14;;;;/h6-7,9,11H,1-5H3,(H,13,14);;;;. The summed E-state index contributed by atoms with van der Waals surface area (Å²) in [4.78, 5) is 22.2. The Morgan fingerprint density at radius 1 is 1.00 bits per heavy atom. The lowest BCUT2D eigenvalue weighted by Crippen LogP contribution is -2.40. The van der Waals surface area contributed by atoms with Gasteiger partial charge < -0.3 is 14.6 Å². The molecule has 0 aromatic rings. The van der Waals surface area contributed by atoms with Crippen LogP contribution in [0.2, 0.25) is 0 Å². The topological polar surface area (TPSA) is 72.8 Å². The van der Waals surface area contributed by atoms with Gasteiger partial charge in [0, 0.05) is 0 Å². The molecule has 0 aliphatic carbocycles. The summed E-state index contributed by atoms with van der Waals surface area (Å²) >= 11 is 0. The highest BCUT2D eigenvalue weighted by molar-refractivity contribution is 5.97. The van der Waals surface area contributed by atoms with E-state index in [4.69, 9.17) is 14.6 Å². The first-order chi connectivity index (χ1) is 7.25. The van der Waals surface area contributed by atoms with Crippen molar-refractivity contribution in [2.24, 2.45) is 5.92 Å². The van der Waals surface area contributed by atoms with Gasteiger partial charge >= 0.3 is 5.97 Å². The van der Waals surface area contributed by atoms with Gasteiger partial charge in [0.15, 0.2) is 29.6 Å². The first kappa shape index (κ1) is 18.9. The highest BCUT2D eigenvalue weighted by Gasteiger charge is 2.35. The molecule has 0 amide bonds. The first-order valence-corrected chi connectivity index (χ1v) is 5.29. The Hall–Kier alpha value is -0.408. The minimum Gasteiger partial charge on any atom is -0.481 e. The molecule has 0 aromatic heterocycles. The molecule has 1 N–H and O–H groups in total. The maximum absolute atomic E-state index is 11.2. The van der Waals surface area contributed by atoms with Crippen LogP contribution in [0.25, 0.3) is 0 Å². The second-order valence-electron chi connectivity index (χ2n) is 4.16. The smallest absolute Gasteiger partial charge is 0.319 e. The molecule has 0 saturated carbocycles. The molecule has 0 aromatic carbocycles. The van der Waals surface area contributed by atoms with Crippen molar-refractivity contribution >= 4 is 29.1 Å². The van der Waals surface area contributed by atoms with Crippen LogP contribution in [-0.2, 0) is 19.1 Å². The quantitative estimate of drug-likeness (QED) is 0.405. The molecule has 0 spiro atoms. The maximum Gasteiger partial charge on any atom is 0.319 e. The van der Waals surface area contributed by atoms with Crippen molar-refractivity contribution in [3.8, 4) is 0 Å². The van der Waals surface area contributed by atoms with Gasteiger partial charge in [0.1, 0.15) is 5.78 Å². The third-order valence-electron chi connectivity index (χ3n) is 1.79. The summed E-state index contributed by atoms with van der Waals surface area (Å²) in [6, 6.07) is 0. The lowest BCUT2D eigenvalue weighted by Gasteiger charge is -2.26. The van der Waals surface area contributed by atoms with Crippen molar-refractivity contribution in [1.29, 1.82) is 0 Å². The number of Topliss-reactive ketones (excluding diaryl/α,β-unsaturated/α-hetero) is 1. The first-order valence-electron chi connectivity index (χ1n) is 5.29. The monoisotopic (exact) mass is 262 g/mol. The zero-order valence-electron chi connectivity index (χ0n) is 10.4. The average molecular weight is 262 g/mol. The van der Waals surface area contributed by atoms with Crippen molar-refractivity contribution < 1.29 is 24.2 Å². The van der Waals surface area contributed by atoms with Crippen LogP contribution in [0.15, 0.2) is 0 Å². The molecular formula is C11H23AlO5. The van der Waals surface area contributed by atoms with Crippen molar-refractivity contribution in [2.75, 3.05) is 0 Å². The number of carboxylic acid groups (broad SMARTS) is 1. The summed E-state index contributed by atoms with van der Waals surface area (Å²) in [6.45, 7) is 8.26. The van der Waals surface area contributed by atoms with Crippen LogP contribution < -0.4 is 0 Å². The summed E-state index contributed by atoms with van der Waals surface area (Å²) in [7, 11) is 0. The fraction of sp³-hybridized carbons (Fsp3) is 0.818. The van der Waals surface area contributed by atoms with Gasteiger partial charge in [0.25, 0.3) is 0 Å². The third-order valence-corrected chi connectivity index (χ3v) is 1.79. The summed E-state index contributed by atoms with van der Waals surface area (Å²) in [5.74, 6) is -2.97. The predicted molar refractivity (Wildman–Crippen MR) is 68.0 cm³/mol. The lowest BCUT2D eigenvalue weighted by atomic mass is 10.1. The van der Waals surface area contributed by atoms with Crippen LogP contribution >= 0.6 is 0 Å². The normalized spacial score (nSPS) is 12.7. The van der Waals surface area contributed by atoms with E-state index in [1.807, 2.05) is 0 Å². The Balaban J connectivity index is 0. The second kappa shape index (κ2) is 8.65. The molecule has 0 aliphatic heterocycles. The van der Waals surface area contributed by atoms with E-state index in [1.54, 1.807) is 27.7 Å². The maximum atomic E-state index is 11.2. The van der Waals surface area contributed by atoms with Gasteiger partial charge in [0.2, 0.25) is 0 Å². The molecule has 0 heterocycles. The fourth-order valence-electron chi connectivity index (χ4n) is 1.21. The van der Waals surface area contributed by atoms with Gasteiger partial charge in [-0.05, 0) is 34.6 Å². The van der Waals surface area contributed by atoms with Crippen molar-refractivity contribution in [3.63, 3.8) is 0 Å². The van der Waals surface area contributed by atoms with E-state index in [9.17, 15) is 9.59 Å². The van der Waals surface area contributed by atoms with Gasteiger partial charge in [-0.2, -0.15) is 0 Å². The number of carbonyl (C=O) groups excluding carboxylic acids is 1. The van der Waals surface area contributed by atoms with Crippen LogP contribution in [0.3, 0.4) is 0 Å². The number of ketones is 1. The van der Waals surface area contributed by atoms with Crippen LogP contribution in [0.1, 0.15) is 34.6 Å². The highest BCUT2D eigenvalue weighted by atomic mass is 27.0. The second-order valence-corrected chi connectivity index (χ2v) is 4.16. The Kier molecular flexibility index (Phi) is 9.64. The largest absolute Gasteiger partial charge is 0.481 e. The van der Waals surface area contributed by atoms with Crippen LogP contribution in [0.5, 0.6) is 0 Å².